The molecule has 2 unspecified atom stereocenters. The molecule has 0 bridgehead atoms. The van der Waals surface area contributed by atoms with E-state index < -0.39 is 0 Å². The zero-order valence-corrected chi connectivity index (χ0v) is 32.2. The van der Waals surface area contributed by atoms with E-state index in [2.05, 4.69) is 93.7 Å². The van der Waals surface area contributed by atoms with Crippen LogP contribution in [0.2, 0.25) is 0 Å². The molecule has 0 amide bonds. The fourth-order valence-electron chi connectivity index (χ4n) is 5.71. The van der Waals surface area contributed by atoms with Crippen LogP contribution in [0.3, 0.4) is 0 Å². The Labute approximate surface area is 299 Å². The monoisotopic (exact) mass is 667 g/mol. The van der Waals surface area contributed by atoms with Crippen LogP contribution >= 0.6 is 0 Å². The van der Waals surface area contributed by atoms with Gasteiger partial charge in [-0.15, -0.1) is 0 Å². The van der Waals surface area contributed by atoms with Crippen LogP contribution in [0, 0.1) is 11.8 Å². The van der Waals surface area contributed by atoms with Gasteiger partial charge in [0.15, 0.2) is 0 Å². The third-order valence-electron chi connectivity index (χ3n) is 8.79. The van der Waals surface area contributed by atoms with Crippen molar-refractivity contribution in [1.29, 1.82) is 0 Å². The van der Waals surface area contributed by atoms with Crippen molar-refractivity contribution in [1.82, 2.24) is 0 Å². The van der Waals surface area contributed by atoms with Crippen LogP contribution < -0.4 is 0 Å². The maximum Gasteiger partial charge on any atom is 0.309 e. The van der Waals surface area contributed by atoms with Gasteiger partial charge in [-0.05, 0) is 64.2 Å². The molecular formula is C45H78O3. The first-order chi connectivity index (χ1) is 23.7. The minimum atomic E-state index is -0.152. The average Bonchev–Trinajstić information content (AvgIpc) is 3.08. The summed E-state index contributed by atoms with van der Waals surface area (Å²) in [6.45, 7) is 10.3. The van der Waals surface area contributed by atoms with E-state index in [0.29, 0.717) is 19.6 Å². The minimum Gasteiger partial charge on any atom is -0.466 e. The summed E-state index contributed by atoms with van der Waals surface area (Å²) >= 11 is 0. The van der Waals surface area contributed by atoms with Crippen LogP contribution in [0.1, 0.15) is 175 Å². The average molecular weight is 667 g/mol. The largest absolute Gasteiger partial charge is 0.466 e. The number of esters is 1. The van der Waals surface area contributed by atoms with E-state index in [0.717, 1.165) is 51.6 Å². The Morgan fingerprint density at radius 3 is 1.27 bits per heavy atom. The van der Waals surface area contributed by atoms with E-state index in [-0.39, 0.29) is 17.8 Å². The Morgan fingerprint density at radius 1 is 0.500 bits per heavy atom. The van der Waals surface area contributed by atoms with Crippen LogP contribution in [-0.2, 0) is 14.3 Å². The van der Waals surface area contributed by atoms with Gasteiger partial charge in [0.1, 0.15) is 0 Å². The van der Waals surface area contributed by atoms with Crippen LogP contribution in [0.4, 0.5) is 0 Å². The highest BCUT2D eigenvalue weighted by Crippen LogP contribution is 2.20. The maximum atomic E-state index is 12.6. The molecule has 0 radical (unpaired) electrons. The van der Waals surface area contributed by atoms with Crippen molar-refractivity contribution in [2.45, 2.75) is 175 Å². The molecule has 0 aromatic rings. The number of carbonyl (C=O) groups excluding carboxylic acids is 1. The third-order valence-corrected chi connectivity index (χ3v) is 8.79. The SMILES string of the molecule is CC/C=C\C/C=C\C/C=C\C/C=C\C/C=C\C/C=C\CC(C(=O)OCC)C(C)COCCCCCCCCCCCCCCCCCC. The summed E-state index contributed by atoms with van der Waals surface area (Å²) in [6.07, 6.45) is 55.1. The summed E-state index contributed by atoms with van der Waals surface area (Å²) in [4.78, 5) is 12.6. The van der Waals surface area contributed by atoms with Crippen molar-refractivity contribution in [2.24, 2.45) is 11.8 Å². The highest BCUT2D eigenvalue weighted by atomic mass is 16.5. The van der Waals surface area contributed by atoms with Gasteiger partial charge < -0.3 is 9.47 Å². The lowest BCUT2D eigenvalue weighted by Gasteiger charge is -2.21. The van der Waals surface area contributed by atoms with Crippen molar-refractivity contribution in [3.05, 3.63) is 72.9 Å². The Hall–Kier alpha value is -2.13. The van der Waals surface area contributed by atoms with E-state index >= 15 is 0 Å². The van der Waals surface area contributed by atoms with Gasteiger partial charge in [0.25, 0.3) is 0 Å². The number of ether oxygens (including phenoxy) is 2. The van der Waals surface area contributed by atoms with E-state index in [1.807, 2.05) is 6.92 Å². The molecule has 0 spiro atoms. The van der Waals surface area contributed by atoms with E-state index in [1.165, 1.54) is 96.3 Å². The van der Waals surface area contributed by atoms with Gasteiger partial charge in [0.2, 0.25) is 0 Å². The predicted octanol–water partition coefficient (Wildman–Crippen LogP) is 14.2. The lowest BCUT2D eigenvalue weighted by Crippen LogP contribution is -2.27. The van der Waals surface area contributed by atoms with Crippen molar-refractivity contribution >= 4 is 5.97 Å². The molecule has 0 aromatic carbocycles. The van der Waals surface area contributed by atoms with Gasteiger partial charge in [-0.3, -0.25) is 4.79 Å². The number of hydrogen-bond acceptors (Lipinski definition) is 3. The van der Waals surface area contributed by atoms with Gasteiger partial charge in [-0.2, -0.15) is 0 Å². The van der Waals surface area contributed by atoms with Gasteiger partial charge in [-0.25, -0.2) is 0 Å². The summed E-state index contributed by atoms with van der Waals surface area (Å²) in [5, 5.41) is 0. The van der Waals surface area contributed by atoms with Gasteiger partial charge in [0.05, 0.1) is 12.5 Å². The molecular weight excluding hydrogens is 588 g/mol. The lowest BCUT2D eigenvalue weighted by atomic mass is 9.91. The zero-order valence-electron chi connectivity index (χ0n) is 32.2. The van der Waals surface area contributed by atoms with Gasteiger partial charge >= 0.3 is 5.97 Å². The number of rotatable bonds is 35. The molecule has 0 aromatic heterocycles. The zero-order chi connectivity index (χ0) is 35.0. The first kappa shape index (κ1) is 45.9. The normalized spacial score (nSPS) is 13.8. The lowest BCUT2D eigenvalue weighted by molar-refractivity contribution is -0.150. The van der Waals surface area contributed by atoms with Crippen LogP contribution in [0.25, 0.3) is 0 Å². The first-order valence-corrected chi connectivity index (χ1v) is 20.3. The molecule has 2 atom stereocenters. The van der Waals surface area contributed by atoms with Crippen molar-refractivity contribution in [2.75, 3.05) is 19.8 Å². The quantitative estimate of drug-likeness (QED) is 0.0384. The molecule has 0 heterocycles. The van der Waals surface area contributed by atoms with E-state index in [9.17, 15) is 4.79 Å². The first-order valence-electron chi connectivity index (χ1n) is 20.3. The fourth-order valence-corrected chi connectivity index (χ4v) is 5.71. The molecule has 3 nitrogen and oxygen atoms in total. The molecule has 0 aliphatic heterocycles. The molecule has 48 heavy (non-hydrogen) atoms. The molecule has 276 valence electrons. The second kappa shape index (κ2) is 39.3. The van der Waals surface area contributed by atoms with E-state index in [4.69, 9.17) is 9.47 Å². The Balaban J connectivity index is 3.93. The number of unbranched alkanes of at least 4 members (excludes halogenated alkanes) is 15. The topological polar surface area (TPSA) is 35.5 Å². The highest BCUT2D eigenvalue weighted by molar-refractivity contribution is 5.73. The molecule has 0 fully saturated rings. The second-order valence-corrected chi connectivity index (χ2v) is 13.4. The standard InChI is InChI=1S/C45H78O3/c1-5-8-10-12-14-16-18-20-22-24-25-26-28-30-32-34-36-38-40-44(45(46)48-7-3)43(4)42-47-41-39-37-35-33-31-29-27-23-21-19-17-15-13-11-9-6-2/h8,10,14,16,20,22,25-26,30,32,36,38,43-44H,5-7,9,11-13,15,17-19,21,23-24,27-29,31,33-35,37,39-42H2,1-4H3/b10-8-,16-14-,22-20-,26-25-,32-30-,38-36-. The predicted molar refractivity (Wildman–Crippen MR) is 212 cm³/mol. The number of allylic oxidation sites excluding steroid dienone is 12. The smallest absolute Gasteiger partial charge is 0.309 e. The van der Waals surface area contributed by atoms with Gasteiger partial charge in [0, 0.05) is 13.2 Å². The summed E-state index contributed by atoms with van der Waals surface area (Å²) in [7, 11) is 0. The minimum absolute atomic E-state index is 0.101. The van der Waals surface area contributed by atoms with Crippen molar-refractivity contribution in [3.63, 3.8) is 0 Å². The highest BCUT2D eigenvalue weighted by Gasteiger charge is 2.25. The third kappa shape index (κ3) is 33.8. The molecule has 0 aliphatic carbocycles. The fraction of sp³-hybridized carbons (Fsp3) is 0.711. The molecule has 0 saturated heterocycles. The number of carbonyl (C=O) groups is 1. The van der Waals surface area contributed by atoms with Crippen LogP contribution in [0.5, 0.6) is 0 Å². The Morgan fingerprint density at radius 2 is 0.875 bits per heavy atom. The maximum absolute atomic E-state index is 12.6. The van der Waals surface area contributed by atoms with Gasteiger partial charge in [-0.1, -0.05) is 190 Å². The van der Waals surface area contributed by atoms with Crippen LogP contribution in [-0.4, -0.2) is 25.8 Å². The summed E-state index contributed by atoms with van der Waals surface area (Å²) in [5.41, 5.74) is 0. The second-order valence-electron chi connectivity index (χ2n) is 13.4. The Bertz CT molecular complexity index is 846. The molecule has 0 N–H and O–H groups in total. The van der Waals surface area contributed by atoms with Crippen molar-refractivity contribution < 1.29 is 14.3 Å². The molecule has 0 aliphatic rings. The van der Waals surface area contributed by atoms with Crippen molar-refractivity contribution in [3.8, 4) is 0 Å². The summed E-state index contributed by atoms with van der Waals surface area (Å²) in [5.74, 6) is -0.112. The van der Waals surface area contributed by atoms with Crippen LogP contribution in [0.15, 0.2) is 72.9 Å². The van der Waals surface area contributed by atoms with E-state index in [1.54, 1.807) is 0 Å². The Kier molecular flexibility index (Phi) is 37.6. The molecule has 0 rings (SSSR count). The summed E-state index contributed by atoms with van der Waals surface area (Å²) < 4.78 is 11.4. The molecule has 0 saturated carbocycles. The summed E-state index contributed by atoms with van der Waals surface area (Å²) in [6, 6.07) is 0. The number of hydrogen-bond donors (Lipinski definition) is 0. The molecule has 3 heteroatoms.